The van der Waals surface area contributed by atoms with E-state index in [0.29, 0.717) is 34.2 Å². The van der Waals surface area contributed by atoms with Crippen molar-refractivity contribution < 1.29 is 14.4 Å². The van der Waals surface area contributed by atoms with Gasteiger partial charge in [0.25, 0.3) is 5.91 Å². The van der Waals surface area contributed by atoms with E-state index in [1.807, 2.05) is 30.3 Å². The molecule has 3 aromatic rings. The minimum absolute atomic E-state index is 0.0950. The van der Waals surface area contributed by atoms with Crippen LogP contribution in [0.1, 0.15) is 46.2 Å². The Bertz CT molecular complexity index is 1090. The highest BCUT2D eigenvalue weighted by Gasteiger charge is 2.21. The van der Waals surface area contributed by atoms with Crippen molar-refractivity contribution in [3.8, 4) is 11.3 Å². The van der Waals surface area contributed by atoms with Crippen LogP contribution in [0, 0.1) is 0 Å². The van der Waals surface area contributed by atoms with Crippen LogP contribution in [0.15, 0.2) is 54.6 Å². The molecule has 0 atom stereocenters. The van der Waals surface area contributed by atoms with Crippen LogP contribution in [-0.4, -0.2) is 29.1 Å². The molecular weight excluding hydrogens is 398 g/mol. The molecule has 30 heavy (non-hydrogen) atoms. The minimum Gasteiger partial charge on any atom is -0.312 e. The topological polar surface area (TPSA) is 79.4 Å². The lowest BCUT2D eigenvalue weighted by molar-refractivity contribution is -0.119. The van der Waals surface area contributed by atoms with E-state index in [1.165, 1.54) is 18.3 Å². The Morgan fingerprint density at radius 2 is 1.77 bits per heavy atom. The molecule has 152 valence electrons. The molecular formula is C23H21N3O3S. The number of hydrogen-bond donors (Lipinski definition) is 1. The summed E-state index contributed by atoms with van der Waals surface area (Å²) in [5.74, 6) is -0.288. The third-order valence-electron chi connectivity index (χ3n) is 4.98. The molecule has 7 heteroatoms. The van der Waals surface area contributed by atoms with Crippen molar-refractivity contribution in [3.05, 3.63) is 65.0 Å². The van der Waals surface area contributed by atoms with Gasteiger partial charge in [-0.1, -0.05) is 41.7 Å². The first-order valence-electron chi connectivity index (χ1n) is 9.82. The zero-order chi connectivity index (χ0) is 21.1. The average molecular weight is 420 g/mol. The summed E-state index contributed by atoms with van der Waals surface area (Å²) in [5, 5.41) is 3.16. The molecule has 2 aromatic carbocycles. The maximum Gasteiger partial charge on any atom is 0.257 e. The fraction of sp³-hybridized carbons (Fsp3) is 0.217. The molecule has 0 bridgehead atoms. The molecule has 1 aromatic heterocycles. The van der Waals surface area contributed by atoms with Gasteiger partial charge in [-0.05, 0) is 37.1 Å². The third-order valence-corrected chi connectivity index (χ3v) is 6.05. The normalized spacial score (nSPS) is 13.9. The monoisotopic (exact) mass is 419 g/mol. The number of carbonyl (C=O) groups excluding carboxylic acids is 3. The molecule has 1 fully saturated rings. The highest BCUT2D eigenvalue weighted by molar-refractivity contribution is 7.18. The number of benzene rings is 2. The molecule has 1 saturated heterocycles. The van der Waals surface area contributed by atoms with Crippen LogP contribution in [0.25, 0.3) is 11.3 Å². The molecule has 0 unspecified atom stereocenters. The lowest BCUT2D eigenvalue weighted by Crippen LogP contribution is -2.35. The number of anilines is 2. The Hall–Kier alpha value is -3.32. The average Bonchev–Trinajstić information content (AvgIpc) is 3.19. The van der Waals surface area contributed by atoms with E-state index in [2.05, 4.69) is 10.3 Å². The summed E-state index contributed by atoms with van der Waals surface area (Å²) in [6, 6.07) is 16.4. The standard InChI is InChI=1S/C23H21N3O3S/c1-15(27)21-20(16-7-3-2-4-8-16)24-23(30-21)25-22(29)17-10-12-18(13-11-17)26-14-6-5-9-19(26)28/h2-4,7-8,10-13H,5-6,9,14H2,1H3,(H,24,25,29). The van der Waals surface area contributed by atoms with Gasteiger partial charge in [0, 0.05) is 36.7 Å². The molecule has 0 saturated carbocycles. The van der Waals surface area contributed by atoms with E-state index < -0.39 is 0 Å². The van der Waals surface area contributed by atoms with Gasteiger partial charge in [-0.2, -0.15) is 0 Å². The molecule has 0 radical (unpaired) electrons. The van der Waals surface area contributed by atoms with Gasteiger partial charge in [0.2, 0.25) is 5.91 Å². The van der Waals surface area contributed by atoms with E-state index in [1.54, 1.807) is 29.2 Å². The van der Waals surface area contributed by atoms with Gasteiger partial charge in [0.1, 0.15) is 0 Å². The second kappa shape index (κ2) is 8.59. The maximum absolute atomic E-state index is 12.7. The van der Waals surface area contributed by atoms with Gasteiger partial charge in [0.05, 0.1) is 10.6 Å². The number of rotatable bonds is 5. The minimum atomic E-state index is -0.310. The summed E-state index contributed by atoms with van der Waals surface area (Å²) >= 11 is 1.17. The molecule has 1 N–H and O–H groups in total. The van der Waals surface area contributed by atoms with Crippen LogP contribution >= 0.6 is 11.3 Å². The quantitative estimate of drug-likeness (QED) is 0.604. The zero-order valence-electron chi connectivity index (χ0n) is 16.6. The van der Waals surface area contributed by atoms with E-state index in [0.717, 1.165) is 24.1 Å². The summed E-state index contributed by atoms with van der Waals surface area (Å²) in [6.45, 7) is 2.20. The molecule has 6 nitrogen and oxygen atoms in total. The van der Waals surface area contributed by atoms with Crippen molar-refractivity contribution >= 4 is 39.8 Å². The molecule has 1 aliphatic heterocycles. The number of aromatic nitrogens is 1. The molecule has 4 rings (SSSR count). The second-order valence-electron chi connectivity index (χ2n) is 7.12. The van der Waals surface area contributed by atoms with Crippen LogP contribution in [0.4, 0.5) is 10.8 Å². The smallest absolute Gasteiger partial charge is 0.257 e. The van der Waals surface area contributed by atoms with Crippen molar-refractivity contribution in [2.24, 2.45) is 0 Å². The van der Waals surface area contributed by atoms with Crippen molar-refractivity contribution in [2.75, 3.05) is 16.8 Å². The van der Waals surface area contributed by atoms with Gasteiger partial charge < -0.3 is 4.90 Å². The number of thiazole rings is 1. The summed E-state index contributed by atoms with van der Waals surface area (Å²) in [6.07, 6.45) is 2.48. The Labute approximate surface area is 178 Å². The van der Waals surface area contributed by atoms with Gasteiger partial charge >= 0.3 is 0 Å². The number of carbonyl (C=O) groups is 3. The number of piperidine rings is 1. The number of Topliss-reactive ketones (excluding diaryl/α,β-unsaturated/α-hetero) is 1. The van der Waals surface area contributed by atoms with Gasteiger partial charge in [-0.25, -0.2) is 4.98 Å². The van der Waals surface area contributed by atoms with Crippen LogP contribution in [0.2, 0.25) is 0 Å². The molecule has 2 heterocycles. The first-order valence-corrected chi connectivity index (χ1v) is 10.6. The van der Waals surface area contributed by atoms with Crippen molar-refractivity contribution in [2.45, 2.75) is 26.2 Å². The van der Waals surface area contributed by atoms with Crippen LogP contribution in [0.5, 0.6) is 0 Å². The Morgan fingerprint density at radius 1 is 1.03 bits per heavy atom. The van der Waals surface area contributed by atoms with E-state index in [9.17, 15) is 14.4 Å². The number of nitrogens with one attached hydrogen (secondary N) is 1. The fourth-order valence-corrected chi connectivity index (χ4v) is 4.32. The molecule has 1 aliphatic rings. The van der Waals surface area contributed by atoms with Crippen molar-refractivity contribution in [1.29, 1.82) is 0 Å². The van der Waals surface area contributed by atoms with Crippen LogP contribution in [0.3, 0.4) is 0 Å². The van der Waals surface area contributed by atoms with Gasteiger partial charge in [-0.15, -0.1) is 0 Å². The molecule has 2 amide bonds. The predicted molar refractivity (Wildman–Crippen MR) is 118 cm³/mol. The summed E-state index contributed by atoms with van der Waals surface area (Å²) in [5.41, 5.74) is 2.66. The van der Waals surface area contributed by atoms with Crippen LogP contribution < -0.4 is 10.2 Å². The number of ketones is 1. The van der Waals surface area contributed by atoms with E-state index in [4.69, 9.17) is 0 Å². The predicted octanol–water partition coefficient (Wildman–Crippen LogP) is 4.78. The Morgan fingerprint density at radius 3 is 2.43 bits per heavy atom. The lowest BCUT2D eigenvalue weighted by Gasteiger charge is -2.26. The fourth-order valence-electron chi connectivity index (χ4n) is 3.44. The molecule has 0 aliphatic carbocycles. The number of amides is 2. The SMILES string of the molecule is CC(=O)c1sc(NC(=O)c2ccc(N3CCCCC3=O)cc2)nc1-c1ccccc1. The largest absolute Gasteiger partial charge is 0.312 e. The Balaban J connectivity index is 1.52. The summed E-state index contributed by atoms with van der Waals surface area (Å²) in [7, 11) is 0. The highest BCUT2D eigenvalue weighted by atomic mass is 32.1. The number of nitrogens with zero attached hydrogens (tertiary/aromatic N) is 2. The van der Waals surface area contributed by atoms with Crippen LogP contribution in [-0.2, 0) is 4.79 Å². The summed E-state index contributed by atoms with van der Waals surface area (Å²) < 4.78 is 0. The highest BCUT2D eigenvalue weighted by Crippen LogP contribution is 2.32. The van der Waals surface area contributed by atoms with E-state index in [-0.39, 0.29) is 17.6 Å². The zero-order valence-corrected chi connectivity index (χ0v) is 17.4. The third kappa shape index (κ3) is 4.16. The van der Waals surface area contributed by atoms with Crippen molar-refractivity contribution in [1.82, 2.24) is 4.98 Å². The second-order valence-corrected chi connectivity index (χ2v) is 8.12. The Kier molecular flexibility index (Phi) is 5.72. The number of hydrogen-bond acceptors (Lipinski definition) is 5. The van der Waals surface area contributed by atoms with E-state index >= 15 is 0 Å². The first-order chi connectivity index (χ1) is 14.5. The lowest BCUT2D eigenvalue weighted by atomic mass is 10.1. The van der Waals surface area contributed by atoms with Crippen molar-refractivity contribution in [3.63, 3.8) is 0 Å². The summed E-state index contributed by atoms with van der Waals surface area (Å²) in [4.78, 5) is 43.6. The maximum atomic E-state index is 12.7. The first kappa shape index (κ1) is 20.0. The molecule has 0 spiro atoms. The van der Waals surface area contributed by atoms with Gasteiger partial charge in [0.15, 0.2) is 10.9 Å². The van der Waals surface area contributed by atoms with Gasteiger partial charge in [-0.3, -0.25) is 19.7 Å².